The Balaban J connectivity index is 1.85. The summed E-state index contributed by atoms with van der Waals surface area (Å²) in [5.74, 6) is 0.942. The lowest BCUT2D eigenvalue weighted by atomic mass is 9.84. The van der Waals surface area contributed by atoms with Crippen molar-refractivity contribution in [2.45, 2.75) is 56.1 Å². The summed E-state index contributed by atoms with van der Waals surface area (Å²) in [7, 11) is 1.71. The van der Waals surface area contributed by atoms with E-state index >= 15 is 0 Å². The van der Waals surface area contributed by atoms with Gasteiger partial charge in [0.15, 0.2) is 0 Å². The van der Waals surface area contributed by atoms with Gasteiger partial charge in [-0.2, -0.15) is 4.98 Å². The van der Waals surface area contributed by atoms with E-state index < -0.39 is 11.2 Å². The van der Waals surface area contributed by atoms with Crippen molar-refractivity contribution in [2.75, 3.05) is 20.2 Å². The molecule has 0 spiro atoms. The first-order chi connectivity index (χ1) is 9.69. The van der Waals surface area contributed by atoms with E-state index in [2.05, 4.69) is 15.5 Å². The smallest absolute Gasteiger partial charge is 0.258 e. The van der Waals surface area contributed by atoms with Gasteiger partial charge in [-0.3, -0.25) is 0 Å². The number of nitrogens with one attached hydrogen (secondary N) is 1. The third kappa shape index (κ3) is 2.36. The number of hydrogen-bond acceptors (Lipinski definition) is 6. The third-order valence-corrected chi connectivity index (χ3v) is 4.71. The molecule has 0 unspecified atom stereocenters. The molecule has 2 heterocycles. The maximum Gasteiger partial charge on any atom is 0.258 e. The standard InChI is InChI=1S/C14H23N3O3/c1-19-14(5-3-2-4-6-14)11-16-12(20-17-11)13(18)7-9-15-10-8-13/h15,18H,2-10H2,1H3. The van der Waals surface area contributed by atoms with Crippen molar-refractivity contribution >= 4 is 0 Å². The molecule has 6 heteroatoms. The number of hydrogen-bond donors (Lipinski definition) is 2. The van der Waals surface area contributed by atoms with Crippen LogP contribution in [0.4, 0.5) is 0 Å². The van der Waals surface area contributed by atoms with Crippen LogP contribution in [0.3, 0.4) is 0 Å². The number of methoxy groups -OCH3 is 1. The fourth-order valence-corrected chi connectivity index (χ4v) is 3.29. The Hall–Kier alpha value is -0.980. The molecule has 3 rings (SSSR count). The highest BCUT2D eigenvalue weighted by Crippen LogP contribution is 2.39. The molecule has 1 saturated heterocycles. The molecule has 1 aliphatic carbocycles. The maximum atomic E-state index is 10.6. The topological polar surface area (TPSA) is 80.4 Å². The van der Waals surface area contributed by atoms with E-state index in [0.717, 1.165) is 38.8 Å². The van der Waals surface area contributed by atoms with Crippen molar-refractivity contribution in [1.82, 2.24) is 15.5 Å². The van der Waals surface area contributed by atoms with E-state index in [9.17, 15) is 5.11 Å². The second-order valence-corrected chi connectivity index (χ2v) is 5.96. The van der Waals surface area contributed by atoms with Gasteiger partial charge in [0.1, 0.15) is 11.2 Å². The number of nitrogens with zero attached hydrogens (tertiary/aromatic N) is 2. The zero-order valence-corrected chi connectivity index (χ0v) is 12.0. The SMILES string of the molecule is COC1(c2noc(C3(O)CCNCC3)n2)CCCCC1. The normalized spacial score (nSPS) is 25.5. The lowest BCUT2D eigenvalue weighted by Crippen LogP contribution is -2.40. The van der Waals surface area contributed by atoms with Crippen LogP contribution in [-0.4, -0.2) is 35.4 Å². The Kier molecular flexibility index (Phi) is 3.79. The van der Waals surface area contributed by atoms with Gasteiger partial charge in [-0.25, -0.2) is 0 Å². The van der Waals surface area contributed by atoms with Crippen LogP contribution in [0.5, 0.6) is 0 Å². The first-order valence-corrected chi connectivity index (χ1v) is 7.51. The highest BCUT2D eigenvalue weighted by atomic mass is 16.5. The van der Waals surface area contributed by atoms with Crippen LogP contribution in [0, 0.1) is 0 Å². The molecule has 1 aromatic heterocycles. The van der Waals surface area contributed by atoms with Gasteiger partial charge >= 0.3 is 0 Å². The Labute approximate surface area is 118 Å². The van der Waals surface area contributed by atoms with Crippen LogP contribution in [0.15, 0.2) is 4.52 Å². The number of aromatic nitrogens is 2. The Morgan fingerprint density at radius 3 is 2.50 bits per heavy atom. The Bertz CT molecular complexity index is 448. The van der Waals surface area contributed by atoms with Gasteiger partial charge in [-0.15, -0.1) is 0 Å². The molecule has 1 aliphatic heterocycles. The number of aliphatic hydroxyl groups is 1. The van der Waals surface area contributed by atoms with Gasteiger partial charge in [0.25, 0.3) is 5.89 Å². The van der Waals surface area contributed by atoms with E-state index in [1.807, 2.05) is 0 Å². The molecule has 2 aliphatic rings. The molecule has 1 saturated carbocycles. The second-order valence-electron chi connectivity index (χ2n) is 5.96. The predicted octanol–water partition coefficient (Wildman–Crippen LogP) is 1.45. The molecule has 20 heavy (non-hydrogen) atoms. The molecular weight excluding hydrogens is 258 g/mol. The second kappa shape index (κ2) is 5.42. The summed E-state index contributed by atoms with van der Waals surface area (Å²) in [6.07, 6.45) is 6.51. The van der Waals surface area contributed by atoms with E-state index in [-0.39, 0.29) is 0 Å². The summed E-state index contributed by atoms with van der Waals surface area (Å²) >= 11 is 0. The van der Waals surface area contributed by atoms with Gasteiger partial charge in [-0.05, 0) is 38.8 Å². The van der Waals surface area contributed by atoms with Crippen LogP contribution in [0.2, 0.25) is 0 Å². The summed E-state index contributed by atoms with van der Waals surface area (Å²) in [5, 5.41) is 18.0. The predicted molar refractivity (Wildman–Crippen MR) is 72.1 cm³/mol. The van der Waals surface area contributed by atoms with Gasteiger partial charge < -0.3 is 19.7 Å². The highest BCUT2D eigenvalue weighted by molar-refractivity contribution is 5.08. The lowest BCUT2D eigenvalue weighted by molar-refractivity contribution is -0.0527. The highest BCUT2D eigenvalue weighted by Gasteiger charge is 2.42. The molecule has 112 valence electrons. The molecule has 0 amide bonds. The van der Waals surface area contributed by atoms with Crippen molar-refractivity contribution in [2.24, 2.45) is 0 Å². The number of ether oxygens (including phenoxy) is 1. The largest absolute Gasteiger partial charge is 0.380 e. The van der Waals surface area contributed by atoms with Crippen LogP contribution >= 0.6 is 0 Å². The minimum absolute atomic E-state index is 0.344. The van der Waals surface area contributed by atoms with E-state index in [1.165, 1.54) is 6.42 Å². The Morgan fingerprint density at radius 1 is 1.15 bits per heavy atom. The summed E-state index contributed by atoms with van der Waals surface area (Å²) in [6, 6.07) is 0. The zero-order valence-electron chi connectivity index (χ0n) is 12.0. The molecule has 2 fully saturated rings. The van der Waals surface area contributed by atoms with Gasteiger partial charge in [0.05, 0.1) is 0 Å². The number of rotatable bonds is 3. The lowest BCUT2D eigenvalue weighted by Gasteiger charge is -2.33. The monoisotopic (exact) mass is 281 g/mol. The average Bonchev–Trinajstić information content (AvgIpc) is 3.00. The molecule has 0 aromatic carbocycles. The molecule has 2 N–H and O–H groups in total. The summed E-state index contributed by atoms with van der Waals surface area (Å²) in [4.78, 5) is 4.49. The van der Waals surface area contributed by atoms with Crippen molar-refractivity contribution in [3.05, 3.63) is 11.7 Å². The van der Waals surface area contributed by atoms with Crippen LogP contribution in [0.25, 0.3) is 0 Å². The van der Waals surface area contributed by atoms with Crippen molar-refractivity contribution in [1.29, 1.82) is 0 Å². The van der Waals surface area contributed by atoms with Crippen LogP contribution < -0.4 is 5.32 Å². The average molecular weight is 281 g/mol. The van der Waals surface area contributed by atoms with Gasteiger partial charge in [-0.1, -0.05) is 24.4 Å². The molecular formula is C14H23N3O3. The first-order valence-electron chi connectivity index (χ1n) is 7.51. The molecule has 0 radical (unpaired) electrons. The molecule has 1 aromatic rings. The quantitative estimate of drug-likeness (QED) is 0.873. The molecule has 0 atom stereocenters. The van der Waals surface area contributed by atoms with Crippen LogP contribution in [-0.2, 0) is 15.9 Å². The fourth-order valence-electron chi connectivity index (χ4n) is 3.29. The summed E-state index contributed by atoms with van der Waals surface area (Å²) in [6.45, 7) is 1.53. The van der Waals surface area contributed by atoms with E-state index in [0.29, 0.717) is 24.6 Å². The molecule has 0 bridgehead atoms. The van der Waals surface area contributed by atoms with Gasteiger partial charge in [0, 0.05) is 7.11 Å². The first kappa shape index (κ1) is 14.0. The van der Waals surface area contributed by atoms with Crippen molar-refractivity contribution < 1.29 is 14.4 Å². The van der Waals surface area contributed by atoms with E-state index in [1.54, 1.807) is 7.11 Å². The van der Waals surface area contributed by atoms with E-state index in [4.69, 9.17) is 9.26 Å². The zero-order chi connectivity index (χ0) is 14.1. The van der Waals surface area contributed by atoms with Gasteiger partial charge in [0.2, 0.25) is 5.82 Å². The Morgan fingerprint density at radius 2 is 1.85 bits per heavy atom. The number of piperidine rings is 1. The maximum absolute atomic E-state index is 10.6. The molecule has 6 nitrogen and oxygen atoms in total. The summed E-state index contributed by atoms with van der Waals surface area (Å²) < 4.78 is 11.1. The fraction of sp³-hybridized carbons (Fsp3) is 0.857. The summed E-state index contributed by atoms with van der Waals surface area (Å²) in [5.41, 5.74) is -1.41. The third-order valence-electron chi connectivity index (χ3n) is 4.71. The van der Waals surface area contributed by atoms with Crippen molar-refractivity contribution in [3.8, 4) is 0 Å². The minimum Gasteiger partial charge on any atom is -0.380 e. The van der Waals surface area contributed by atoms with Crippen LogP contribution in [0.1, 0.15) is 56.7 Å². The minimum atomic E-state index is -0.986. The van der Waals surface area contributed by atoms with Crippen molar-refractivity contribution in [3.63, 3.8) is 0 Å².